The molecule has 5 aromatic carbocycles. The Balaban J connectivity index is 1.77. The quantitative estimate of drug-likeness (QED) is 0.0804. The minimum Gasteiger partial charge on any atom is -0.326 e. The number of hydrogen-bond acceptors (Lipinski definition) is 5. The van der Waals surface area contributed by atoms with Crippen LogP contribution in [0.2, 0.25) is 0 Å². The Morgan fingerprint density at radius 3 is 1.85 bits per heavy atom. The Labute approximate surface area is 232 Å². The first-order valence-corrected chi connectivity index (χ1v) is 14.5. The normalized spacial score (nSPS) is 13.6. The van der Waals surface area contributed by atoms with E-state index in [1.54, 1.807) is 30.3 Å². The third-order valence-corrected chi connectivity index (χ3v) is 9.32. The number of hydrazone groups is 1. The molecule has 198 valence electrons. The van der Waals surface area contributed by atoms with Gasteiger partial charge in [-0.25, -0.2) is 0 Å². The topological polar surface area (TPSA) is 96.6 Å². The Bertz CT molecular complexity index is 1650. The lowest BCUT2D eigenvalue weighted by atomic mass is 10.0. The Morgan fingerprint density at radius 2 is 1.23 bits per heavy atom. The summed E-state index contributed by atoms with van der Waals surface area (Å²) in [6.45, 7) is 0. The fraction of sp³-hybridized carbons (Fsp3) is 0.0312. The molecular weight excluding hydrogens is 519 g/mol. The van der Waals surface area contributed by atoms with Crippen molar-refractivity contribution in [2.24, 2.45) is 5.10 Å². The Kier molecular flexibility index (Phi) is 8.14. The second-order valence-electron chi connectivity index (χ2n) is 9.03. The molecule has 8 heteroatoms. The van der Waals surface area contributed by atoms with Gasteiger partial charge in [-0.1, -0.05) is 109 Å². The number of nitro groups is 1. The molecule has 0 aromatic heterocycles. The second-order valence-corrected chi connectivity index (χ2v) is 11.6. The summed E-state index contributed by atoms with van der Waals surface area (Å²) in [5.74, 6) is 0. The summed E-state index contributed by atoms with van der Waals surface area (Å²) in [5.41, 5.74) is 5.14. The van der Waals surface area contributed by atoms with Crippen molar-refractivity contribution in [2.45, 2.75) is 5.66 Å². The van der Waals surface area contributed by atoms with Gasteiger partial charge in [0.05, 0.1) is 16.3 Å². The van der Waals surface area contributed by atoms with E-state index < -0.39 is 17.9 Å². The van der Waals surface area contributed by atoms with Crippen LogP contribution >= 0.6 is 7.29 Å². The number of nitrogens with zero attached hydrogens (tertiary/aromatic N) is 2. The summed E-state index contributed by atoms with van der Waals surface area (Å²) in [5, 5.41) is 20.5. The number of benzene rings is 5. The molecule has 0 aliphatic carbocycles. The highest BCUT2D eigenvalue weighted by Crippen LogP contribution is 2.59. The lowest BCUT2D eigenvalue weighted by Crippen LogP contribution is -2.25. The van der Waals surface area contributed by atoms with Crippen molar-refractivity contribution in [1.29, 1.82) is 0 Å². The van der Waals surface area contributed by atoms with E-state index in [9.17, 15) is 10.1 Å². The van der Waals surface area contributed by atoms with Crippen molar-refractivity contribution < 1.29 is 9.49 Å². The molecular formula is C32H27N4O3P. The van der Waals surface area contributed by atoms with Gasteiger partial charge < -0.3 is 5.09 Å². The molecule has 0 bridgehead atoms. The standard InChI is InChI=1S/C32H27N4O3P/c37-36(38)30-24-14-13-23-29(30)35-40(39,28-21-11-4-12-22-28)32(26-17-7-2-8-18-26)31(25-15-5-1-6-16-25)34-33-27-19-9-3-10-20-27/h1-24,32-33H,(H,35,39)/b34-31-/t32-,40-/m0/s1. The van der Waals surface area contributed by atoms with Gasteiger partial charge >= 0.3 is 0 Å². The number of rotatable bonds is 10. The molecule has 0 amide bonds. The maximum absolute atomic E-state index is 15.6. The highest BCUT2D eigenvalue weighted by Gasteiger charge is 2.41. The number of hydrogen-bond donors (Lipinski definition) is 2. The summed E-state index contributed by atoms with van der Waals surface area (Å²) in [6, 6.07) is 43.8. The van der Waals surface area contributed by atoms with Gasteiger partial charge in [0.15, 0.2) is 0 Å². The molecule has 5 aromatic rings. The number of nitro benzene ring substituents is 1. The predicted molar refractivity (Wildman–Crippen MR) is 163 cm³/mol. The van der Waals surface area contributed by atoms with Gasteiger partial charge in [-0.3, -0.25) is 20.1 Å². The fourth-order valence-corrected chi connectivity index (χ4v) is 7.40. The molecule has 40 heavy (non-hydrogen) atoms. The summed E-state index contributed by atoms with van der Waals surface area (Å²) in [4.78, 5) is 11.5. The molecule has 5 rings (SSSR count). The van der Waals surface area contributed by atoms with Crippen molar-refractivity contribution >= 4 is 35.4 Å². The van der Waals surface area contributed by atoms with E-state index >= 15 is 4.57 Å². The highest BCUT2D eigenvalue weighted by atomic mass is 31.2. The second kappa shape index (κ2) is 12.2. The van der Waals surface area contributed by atoms with Gasteiger partial charge in [-0.15, -0.1) is 0 Å². The van der Waals surface area contributed by atoms with Gasteiger partial charge in [-0.2, -0.15) is 5.10 Å². The maximum atomic E-state index is 15.6. The number of para-hydroxylation sites is 3. The van der Waals surface area contributed by atoms with Crippen molar-refractivity contribution in [3.05, 3.63) is 167 Å². The summed E-state index contributed by atoms with van der Waals surface area (Å²) >= 11 is 0. The lowest BCUT2D eigenvalue weighted by molar-refractivity contribution is -0.383. The number of nitrogens with one attached hydrogen (secondary N) is 2. The molecule has 0 saturated heterocycles. The van der Waals surface area contributed by atoms with Crippen molar-refractivity contribution in [3.63, 3.8) is 0 Å². The summed E-state index contributed by atoms with van der Waals surface area (Å²) < 4.78 is 15.6. The van der Waals surface area contributed by atoms with E-state index in [0.29, 0.717) is 11.0 Å². The SMILES string of the molecule is O=[N+]([O-])c1ccccc1N[P@](=O)(c1ccccc1)[C@H](/C(=N\Nc1ccccc1)c1ccccc1)c1ccccc1. The molecule has 7 nitrogen and oxygen atoms in total. The van der Waals surface area contributed by atoms with Crippen LogP contribution in [0.3, 0.4) is 0 Å². The Morgan fingerprint density at radius 1 is 0.700 bits per heavy atom. The fourth-order valence-electron chi connectivity index (χ4n) is 4.54. The first kappa shape index (κ1) is 26.6. The largest absolute Gasteiger partial charge is 0.326 e. The molecule has 0 saturated carbocycles. The van der Waals surface area contributed by atoms with Gasteiger partial charge in [0.2, 0.25) is 7.29 Å². The zero-order valence-electron chi connectivity index (χ0n) is 21.5. The van der Waals surface area contributed by atoms with Gasteiger partial charge in [-0.05, 0) is 41.5 Å². The predicted octanol–water partition coefficient (Wildman–Crippen LogP) is 7.87. The van der Waals surface area contributed by atoms with Gasteiger partial charge in [0, 0.05) is 11.4 Å². The third kappa shape index (κ3) is 5.85. The van der Waals surface area contributed by atoms with E-state index in [-0.39, 0.29) is 11.4 Å². The average Bonchev–Trinajstić information content (AvgIpc) is 3.01. The molecule has 0 unspecified atom stereocenters. The smallest absolute Gasteiger partial charge is 0.292 e. The van der Waals surface area contributed by atoms with Gasteiger partial charge in [0.1, 0.15) is 11.3 Å². The van der Waals surface area contributed by atoms with Crippen LogP contribution in [-0.2, 0) is 4.57 Å². The van der Waals surface area contributed by atoms with E-state index in [0.717, 1.165) is 16.8 Å². The monoisotopic (exact) mass is 546 g/mol. The molecule has 0 fully saturated rings. The van der Waals surface area contributed by atoms with E-state index in [1.165, 1.54) is 6.07 Å². The van der Waals surface area contributed by atoms with Crippen molar-refractivity contribution in [1.82, 2.24) is 0 Å². The zero-order chi connectivity index (χ0) is 27.8. The molecule has 0 spiro atoms. The molecule has 0 aliphatic rings. The molecule has 0 aliphatic heterocycles. The van der Waals surface area contributed by atoms with E-state index in [2.05, 4.69) is 10.5 Å². The van der Waals surface area contributed by atoms with Crippen molar-refractivity contribution in [2.75, 3.05) is 10.5 Å². The van der Waals surface area contributed by atoms with Crippen LogP contribution < -0.4 is 15.8 Å². The molecule has 0 heterocycles. The zero-order valence-corrected chi connectivity index (χ0v) is 22.4. The van der Waals surface area contributed by atoms with Crippen LogP contribution in [0.15, 0.2) is 151 Å². The van der Waals surface area contributed by atoms with Crippen LogP contribution in [0.25, 0.3) is 0 Å². The van der Waals surface area contributed by atoms with E-state index in [1.807, 2.05) is 109 Å². The first-order chi connectivity index (χ1) is 19.6. The highest BCUT2D eigenvalue weighted by molar-refractivity contribution is 7.74. The van der Waals surface area contributed by atoms with Crippen LogP contribution in [0.4, 0.5) is 17.1 Å². The van der Waals surface area contributed by atoms with Crippen LogP contribution in [0.5, 0.6) is 0 Å². The summed E-state index contributed by atoms with van der Waals surface area (Å²) in [6.07, 6.45) is 0. The third-order valence-electron chi connectivity index (χ3n) is 6.41. The minimum absolute atomic E-state index is 0.161. The van der Waals surface area contributed by atoms with Crippen LogP contribution in [0, 0.1) is 10.1 Å². The van der Waals surface area contributed by atoms with Crippen LogP contribution in [-0.4, -0.2) is 10.6 Å². The molecule has 2 N–H and O–H groups in total. The first-order valence-electron chi connectivity index (χ1n) is 12.7. The van der Waals surface area contributed by atoms with Crippen molar-refractivity contribution in [3.8, 4) is 0 Å². The minimum atomic E-state index is -3.76. The number of anilines is 2. The van der Waals surface area contributed by atoms with Crippen LogP contribution in [0.1, 0.15) is 16.8 Å². The maximum Gasteiger partial charge on any atom is 0.292 e. The lowest BCUT2D eigenvalue weighted by Gasteiger charge is -2.31. The van der Waals surface area contributed by atoms with Gasteiger partial charge in [0.25, 0.3) is 5.69 Å². The molecule has 2 atom stereocenters. The average molecular weight is 547 g/mol. The Hall–Kier alpha value is -5.00. The van der Waals surface area contributed by atoms with E-state index in [4.69, 9.17) is 5.10 Å². The molecule has 0 radical (unpaired) electrons. The summed E-state index contributed by atoms with van der Waals surface area (Å²) in [7, 11) is -3.76.